The zero-order valence-corrected chi connectivity index (χ0v) is 13.8. The normalized spacial score (nSPS) is 10.5. The molecule has 0 atom stereocenters. The molecule has 100 valence electrons. The highest BCUT2D eigenvalue weighted by Gasteiger charge is 2.09. The summed E-state index contributed by atoms with van der Waals surface area (Å²) < 4.78 is 1.97. The Balaban J connectivity index is 2.40. The maximum absolute atomic E-state index is 5.90. The predicted molar refractivity (Wildman–Crippen MR) is 85.7 cm³/mol. The van der Waals surface area contributed by atoms with Gasteiger partial charge in [-0.15, -0.1) is 0 Å². The average Bonchev–Trinajstić information content (AvgIpc) is 2.37. The Morgan fingerprint density at radius 3 is 2.63 bits per heavy atom. The van der Waals surface area contributed by atoms with Gasteiger partial charge in [0.2, 0.25) is 0 Å². The van der Waals surface area contributed by atoms with Crippen molar-refractivity contribution in [2.75, 3.05) is 11.1 Å². The number of rotatable bonds is 3. The Bertz CT molecular complexity index is 614. The van der Waals surface area contributed by atoms with Crippen molar-refractivity contribution in [1.82, 2.24) is 9.97 Å². The van der Waals surface area contributed by atoms with E-state index in [0.717, 1.165) is 38.3 Å². The van der Waals surface area contributed by atoms with Gasteiger partial charge in [0.25, 0.3) is 0 Å². The minimum atomic E-state index is 0.516. The zero-order valence-electron chi connectivity index (χ0n) is 10.7. The first-order valence-electron chi connectivity index (χ1n) is 5.86. The van der Waals surface area contributed by atoms with E-state index in [4.69, 9.17) is 5.73 Å². The number of nitrogens with one attached hydrogen (secondary N) is 1. The van der Waals surface area contributed by atoms with Crippen LogP contribution in [0.15, 0.2) is 27.1 Å². The van der Waals surface area contributed by atoms with Crippen molar-refractivity contribution in [3.8, 4) is 0 Å². The fraction of sp³-hybridized carbons (Fsp3) is 0.231. The summed E-state index contributed by atoms with van der Waals surface area (Å²) >= 11 is 6.94. The Hall–Kier alpha value is -1.14. The highest BCUT2D eigenvalue weighted by Crippen LogP contribution is 2.30. The Labute approximate surface area is 129 Å². The molecule has 0 aliphatic heterocycles. The molecule has 0 aliphatic carbocycles. The summed E-state index contributed by atoms with van der Waals surface area (Å²) in [5, 5.41) is 3.28. The fourth-order valence-corrected chi connectivity index (χ4v) is 2.73. The second kappa shape index (κ2) is 5.88. The van der Waals surface area contributed by atoms with Gasteiger partial charge in [-0.1, -0.05) is 22.9 Å². The summed E-state index contributed by atoms with van der Waals surface area (Å²) in [7, 11) is 0. The average molecular weight is 386 g/mol. The van der Waals surface area contributed by atoms with E-state index in [-0.39, 0.29) is 0 Å². The summed E-state index contributed by atoms with van der Waals surface area (Å²) in [6.07, 6.45) is 0.751. The summed E-state index contributed by atoms with van der Waals surface area (Å²) in [6.45, 7) is 3.91. The van der Waals surface area contributed by atoms with Crippen LogP contribution in [-0.2, 0) is 6.42 Å². The summed E-state index contributed by atoms with van der Waals surface area (Å²) in [5.74, 6) is 1.99. The molecule has 0 amide bonds. The van der Waals surface area contributed by atoms with Gasteiger partial charge in [0.05, 0.1) is 5.69 Å². The third-order valence-corrected chi connectivity index (χ3v) is 3.88. The molecule has 0 spiro atoms. The summed E-state index contributed by atoms with van der Waals surface area (Å²) in [5.41, 5.74) is 7.69. The van der Waals surface area contributed by atoms with Gasteiger partial charge >= 0.3 is 0 Å². The first-order chi connectivity index (χ1) is 9.01. The van der Waals surface area contributed by atoms with Gasteiger partial charge in [-0.3, -0.25) is 0 Å². The first-order valence-corrected chi connectivity index (χ1v) is 7.45. The van der Waals surface area contributed by atoms with Crippen molar-refractivity contribution in [2.24, 2.45) is 0 Å². The van der Waals surface area contributed by atoms with E-state index in [2.05, 4.69) is 47.1 Å². The number of anilines is 3. The molecule has 0 fully saturated rings. The van der Waals surface area contributed by atoms with E-state index in [9.17, 15) is 0 Å². The van der Waals surface area contributed by atoms with Crippen LogP contribution >= 0.6 is 31.9 Å². The molecule has 4 nitrogen and oxygen atoms in total. The maximum Gasteiger partial charge on any atom is 0.139 e. The molecule has 2 rings (SSSR count). The minimum absolute atomic E-state index is 0.516. The van der Waals surface area contributed by atoms with Gasteiger partial charge < -0.3 is 11.1 Å². The topological polar surface area (TPSA) is 63.8 Å². The molecule has 19 heavy (non-hydrogen) atoms. The first kappa shape index (κ1) is 14.3. The van der Waals surface area contributed by atoms with E-state index in [0.29, 0.717) is 5.82 Å². The molecule has 0 radical (unpaired) electrons. The molecular formula is C13H14Br2N4. The molecule has 0 bridgehead atoms. The smallest absolute Gasteiger partial charge is 0.139 e. The van der Waals surface area contributed by atoms with E-state index in [1.54, 1.807) is 0 Å². The number of halogens is 2. The Morgan fingerprint density at radius 2 is 2.00 bits per heavy atom. The van der Waals surface area contributed by atoms with Gasteiger partial charge in [-0.25, -0.2) is 9.97 Å². The van der Waals surface area contributed by atoms with Crippen LogP contribution in [-0.4, -0.2) is 9.97 Å². The van der Waals surface area contributed by atoms with Crippen molar-refractivity contribution in [2.45, 2.75) is 20.3 Å². The van der Waals surface area contributed by atoms with Crippen molar-refractivity contribution < 1.29 is 0 Å². The van der Waals surface area contributed by atoms with E-state index in [1.807, 2.05) is 32.0 Å². The molecule has 0 aliphatic rings. The number of benzene rings is 1. The SMILES string of the molecule is CCc1nc(N)c(C)c(Nc2ccc(Br)cc2Br)n1. The largest absolute Gasteiger partial charge is 0.383 e. The summed E-state index contributed by atoms with van der Waals surface area (Å²) in [6, 6.07) is 5.91. The van der Waals surface area contributed by atoms with Crippen LogP contribution in [0.25, 0.3) is 0 Å². The lowest BCUT2D eigenvalue weighted by Crippen LogP contribution is -2.06. The van der Waals surface area contributed by atoms with Crippen LogP contribution in [0.4, 0.5) is 17.3 Å². The fourth-order valence-electron chi connectivity index (χ4n) is 1.58. The lowest BCUT2D eigenvalue weighted by Gasteiger charge is -2.13. The number of hydrogen-bond acceptors (Lipinski definition) is 4. The number of nitrogens with two attached hydrogens (primary N) is 1. The van der Waals surface area contributed by atoms with Crippen molar-refractivity contribution in [3.63, 3.8) is 0 Å². The highest BCUT2D eigenvalue weighted by molar-refractivity contribution is 9.11. The third-order valence-electron chi connectivity index (χ3n) is 2.73. The zero-order chi connectivity index (χ0) is 14.0. The lowest BCUT2D eigenvalue weighted by molar-refractivity contribution is 0.940. The van der Waals surface area contributed by atoms with E-state index in [1.165, 1.54) is 0 Å². The van der Waals surface area contributed by atoms with E-state index >= 15 is 0 Å². The quantitative estimate of drug-likeness (QED) is 0.830. The minimum Gasteiger partial charge on any atom is -0.383 e. The predicted octanol–water partition coefficient (Wildman–Crippen LogP) is 4.20. The molecule has 1 aromatic heterocycles. The Morgan fingerprint density at radius 1 is 1.26 bits per heavy atom. The van der Waals surface area contributed by atoms with Crippen LogP contribution in [0.1, 0.15) is 18.3 Å². The third kappa shape index (κ3) is 3.25. The van der Waals surface area contributed by atoms with Crippen molar-refractivity contribution in [1.29, 1.82) is 0 Å². The standard InChI is InChI=1S/C13H14Br2N4/c1-3-11-18-12(16)7(2)13(19-11)17-10-5-4-8(14)6-9(10)15/h4-6H,3H2,1-2H3,(H3,16,17,18,19). The van der Waals surface area contributed by atoms with Gasteiger partial charge in [0, 0.05) is 20.9 Å². The molecule has 0 saturated heterocycles. The van der Waals surface area contributed by atoms with Crippen LogP contribution in [0, 0.1) is 6.92 Å². The molecule has 1 aromatic carbocycles. The molecule has 3 N–H and O–H groups in total. The highest BCUT2D eigenvalue weighted by atomic mass is 79.9. The number of aromatic nitrogens is 2. The molecule has 2 aromatic rings. The van der Waals surface area contributed by atoms with E-state index < -0.39 is 0 Å². The van der Waals surface area contributed by atoms with Crippen molar-refractivity contribution >= 4 is 49.2 Å². The number of nitrogen functional groups attached to an aromatic ring is 1. The van der Waals surface area contributed by atoms with Crippen LogP contribution in [0.5, 0.6) is 0 Å². The molecule has 6 heteroatoms. The van der Waals surface area contributed by atoms with Gasteiger partial charge in [0.1, 0.15) is 17.5 Å². The number of nitrogens with zero attached hydrogens (tertiary/aromatic N) is 2. The van der Waals surface area contributed by atoms with Crippen LogP contribution < -0.4 is 11.1 Å². The van der Waals surface area contributed by atoms with Crippen LogP contribution in [0.2, 0.25) is 0 Å². The van der Waals surface area contributed by atoms with Gasteiger partial charge in [-0.2, -0.15) is 0 Å². The molecule has 0 saturated carbocycles. The molecular weight excluding hydrogens is 372 g/mol. The lowest BCUT2D eigenvalue weighted by atomic mass is 10.2. The summed E-state index contributed by atoms with van der Waals surface area (Å²) in [4.78, 5) is 8.71. The number of hydrogen-bond donors (Lipinski definition) is 2. The molecule has 0 unspecified atom stereocenters. The second-order valence-electron chi connectivity index (χ2n) is 4.10. The van der Waals surface area contributed by atoms with Gasteiger partial charge in [0.15, 0.2) is 0 Å². The Kier molecular flexibility index (Phi) is 4.42. The van der Waals surface area contributed by atoms with Crippen LogP contribution in [0.3, 0.4) is 0 Å². The maximum atomic E-state index is 5.90. The number of aryl methyl sites for hydroxylation is 1. The van der Waals surface area contributed by atoms with Crippen molar-refractivity contribution in [3.05, 3.63) is 38.5 Å². The molecule has 1 heterocycles. The second-order valence-corrected chi connectivity index (χ2v) is 5.87. The monoisotopic (exact) mass is 384 g/mol. The van der Waals surface area contributed by atoms with Gasteiger partial charge in [-0.05, 0) is 41.1 Å².